The molecule has 1 amide bonds. The molecule has 19 heavy (non-hydrogen) atoms. The normalized spacial score (nSPS) is 12.2. The number of rotatable bonds is 7. The zero-order valence-corrected chi connectivity index (χ0v) is 12.7. The smallest absolute Gasteiger partial charge is 0.326 e. The Balaban J connectivity index is 2.84. The largest absolute Gasteiger partial charge is 0.480 e. The molecular weight excluding hydrogens is 312 g/mol. The third-order valence-electron chi connectivity index (χ3n) is 2.74. The van der Waals surface area contributed by atoms with Crippen molar-refractivity contribution < 1.29 is 14.7 Å². The summed E-state index contributed by atoms with van der Waals surface area (Å²) in [6, 6.07) is 0.872. The average Bonchev–Trinajstić information content (AvgIpc) is 2.70. The standard InChI is InChI=1S/C13H19BrN2O3/c1-3-5-10(13(18)19)15-12(17)11-7-9(14)8-16(11)6-4-2/h7-8,10H,3-6H2,1-2H3,(H,15,17)(H,18,19)/t10-/m1/s1. The van der Waals surface area contributed by atoms with E-state index >= 15 is 0 Å². The van der Waals surface area contributed by atoms with Crippen molar-refractivity contribution in [2.24, 2.45) is 0 Å². The lowest BCUT2D eigenvalue weighted by atomic mass is 10.1. The summed E-state index contributed by atoms with van der Waals surface area (Å²) in [6.45, 7) is 4.63. The van der Waals surface area contributed by atoms with E-state index in [0.29, 0.717) is 18.5 Å². The van der Waals surface area contributed by atoms with E-state index in [1.807, 2.05) is 24.6 Å². The monoisotopic (exact) mass is 330 g/mol. The highest BCUT2D eigenvalue weighted by Gasteiger charge is 2.21. The Bertz CT molecular complexity index is 457. The number of amides is 1. The SMILES string of the molecule is CCC[C@@H](NC(=O)c1cc(Br)cn1CCC)C(=O)O. The minimum atomic E-state index is -0.997. The van der Waals surface area contributed by atoms with Gasteiger partial charge in [-0.3, -0.25) is 4.79 Å². The van der Waals surface area contributed by atoms with Crippen molar-refractivity contribution in [2.75, 3.05) is 0 Å². The van der Waals surface area contributed by atoms with Crippen molar-refractivity contribution >= 4 is 27.8 Å². The van der Waals surface area contributed by atoms with Crippen LogP contribution in [0.2, 0.25) is 0 Å². The fourth-order valence-electron chi connectivity index (χ4n) is 1.87. The van der Waals surface area contributed by atoms with E-state index in [2.05, 4.69) is 21.2 Å². The molecular formula is C13H19BrN2O3. The van der Waals surface area contributed by atoms with Gasteiger partial charge < -0.3 is 15.0 Å². The van der Waals surface area contributed by atoms with Gasteiger partial charge in [0.25, 0.3) is 5.91 Å². The van der Waals surface area contributed by atoms with Gasteiger partial charge in [0.05, 0.1) is 0 Å². The number of hydrogen-bond donors (Lipinski definition) is 2. The maximum atomic E-state index is 12.1. The van der Waals surface area contributed by atoms with E-state index < -0.39 is 12.0 Å². The second-order valence-electron chi connectivity index (χ2n) is 4.39. The van der Waals surface area contributed by atoms with Crippen LogP contribution in [0.4, 0.5) is 0 Å². The van der Waals surface area contributed by atoms with Crippen LogP contribution in [0.1, 0.15) is 43.6 Å². The van der Waals surface area contributed by atoms with Crippen LogP contribution in [0, 0.1) is 0 Å². The molecule has 0 aliphatic rings. The number of nitrogens with one attached hydrogen (secondary N) is 1. The summed E-state index contributed by atoms with van der Waals surface area (Å²) in [4.78, 5) is 23.2. The van der Waals surface area contributed by atoms with Gasteiger partial charge in [-0.25, -0.2) is 4.79 Å². The van der Waals surface area contributed by atoms with Crippen molar-refractivity contribution in [3.8, 4) is 0 Å². The third kappa shape index (κ3) is 4.38. The molecule has 0 saturated heterocycles. The highest BCUT2D eigenvalue weighted by molar-refractivity contribution is 9.10. The van der Waals surface area contributed by atoms with Crippen molar-refractivity contribution in [2.45, 2.75) is 45.7 Å². The summed E-state index contributed by atoms with van der Waals surface area (Å²) in [5.41, 5.74) is 0.482. The molecule has 1 heterocycles. The van der Waals surface area contributed by atoms with E-state index in [1.54, 1.807) is 6.07 Å². The van der Waals surface area contributed by atoms with Crippen molar-refractivity contribution in [1.29, 1.82) is 0 Å². The molecule has 1 aromatic heterocycles. The van der Waals surface area contributed by atoms with Crippen LogP contribution in [-0.4, -0.2) is 27.6 Å². The molecule has 2 N–H and O–H groups in total. The molecule has 1 rings (SSSR count). The van der Waals surface area contributed by atoms with Gasteiger partial charge in [-0.05, 0) is 34.8 Å². The Morgan fingerprint density at radius 3 is 2.63 bits per heavy atom. The summed E-state index contributed by atoms with van der Waals surface area (Å²) >= 11 is 3.33. The molecule has 6 heteroatoms. The first-order valence-corrected chi connectivity index (χ1v) is 7.18. The van der Waals surface area contributed by atoms with E-state index in [0.717, 1.165) is 17.4 Å². The first-order valence-electron chi connectivity index (χ1n) is 6.38. The number of hydrogen-bond acceptors (Lipinski definition) is 2. The summed E-state index contributed by atoms with van der Waals surface area (Å²) < 4.78 is 2.64. The molecule has 1 aromatic rings. The molecule has 0 saturated carbocycles. The predicted octanol–water partition coefficient (Wildman–Crippen LogP) is 2.64. The third-order valence-corrected chi connectivity index (χ3v) is 3.17. The second kappa shape index (κ2) is 7.33. The molecule has 0 spiro atoms. The van der Waals surface area contributed by atoms with Crippen LogP contribution in [0.15, 0.2) is 16.7 Å². The lowest BCUT2D eigenvalue weighted by Gasteiger charge is -2.14. The van der Waals surface area contributed by atoms with Crippen LogP contribution in [0.25, 0.3) is 0 Å². The van der Waals surface area contributed by atoms with Gasteiger partial charge in [0.15, 0.2) is 0 Å². The molecule has 0 fully saturated rings. The van der Waals surface area contributed by atoms with Crippen LogP contribution >= 0.6 is 15.9 Å². The van der Waals surface area contributed by atoms with Gasteiger partial charge in [-0.2, -0.15) is 0 Å². The fraction of sp³-hybridized carbons (Fsp3) is 0.538. The summed E-state index contributed by atoms with van der Waals surface area (Å²) in [5, 5.41) is 11.6. The molecule has 0 aliphatic carbocycles. The van der Waals surface area contributed by atoms with Gasteiger partial charge in [-0.15, -0.1) is 0 Å². The van der Waals surface area contributed by atoms with Crippen LogP contribution < -0.4 is 5.32 Å². The molecule has 0 bridgehead atoms. The minimum Gasteiger partial charge on any atom is -0.480 e. The highest BCUT2D eigenvalue weighted by atomic mass is 79.9. The Kier molecular flexibility index (Phi) is 6.08. The van der Waals surface area contributed by atoms with E-state index in [1.165, 1.54) is 0 Å². The summed E-state index contributed by atoms with van der Waals surface area (Å²) in [7, 11) is 0. The quantitative estimate of drug-likeness (QED) is 0.807. The Hall–Kier alpha value is -1.30. The molecule has 1 atom stereocenters. The zero-order chi connectivity index (χ0) is 14.4. The van der Waals surface area contributed by atoms with E-state index in [9.17, 15) is 9.59 Å². The number of nitrogens with zero attached hydrogens (tertiary/aromatic N) is 1. The number of aliphatic carboxylic acids is 1. The number of aryl methyl sites for hydroxylation is 1. The number of carboxylic acids is 1. The average molecular weight is 331 g/mol. The second-order valence-corrected chi connectivity index (χ2v) is 5.31. The predicted molar refractivity (Wildman–Crippen MR) is 76.2 cm³/mol. The number of carboxylic acid groups (broad SMARTS) is 1. The van der Waals surface area contributed by atoms with Crippen molar-refractivity contribution in [3.63, 3.8) is 0 Å². The number of halogens is 1. The van der Waals surface area contributed by atoms with Gasteiger partial charge in [0, 0.05) is 17.2 Å². The Morgan fingerprint density at radius 2 is 2.11 bits per heavy atom. The lowest BCUT2D eigenvalue weighted by molar-refractivity contribution is -0.139. The molecule has 106 valence electrons. The first-order chi connectivity index (χ1) is 8.99. The lowest BCUT2D eigenvalue weighted by Crippen LogP contribution is -2.41. The maximum Gasteiger partial charge on any atom is 0.326 e. The fourth-order valence-corrected chi connectivity index (χ4v) is 2.33. The highest BCUT2D eigenvalue weighted by Crippen LogP contribution is 2.16. The van der Waals surface area contributed by atoms with Gasteiger partial charge >= 0.3 is 5.97 Å². The molecule has 0 radical (unpaired) electrons. The number of carbonyl (C=O) groups excluding carboxylic acids is 1. The summed E-state index contributed by atoms with van der Waals surface area (Å²) in [6.07, 6.45) is 3.86. The minimum absolute atomic E-state index is 0.347. The summed E-state index contributed by atoms with van der Waals surface area (Å²) in [5.74, 6) is -1.34. The van der Waals surface area contributed by atoms with Crippen LogP contribution in [-0.2, 0) is 11.3 Å². The number of carbonyl (C=O) groups is 2. The van der Waals surface area contributed by atoms with E-state index in [-0.39, 0.29) is 5.91 Å². The maximum absolute atomic E-state index is 12.1. The Labute approximate surface area is 121 Å². The van der Waals surface area contributed by atoms with E-state index in [4.69, 9.17) is 5.11 Å². The van der Waals surface area contributed by atoms with Gasteiger partial charge in [0.1, 0.15) is 11.7 Å². The first kappa shape index (κ1) is 15.8. The Morgan fingerprint density at radius 1 is 1.42 bits per heavy atom. The molecule has 5 nitrogen and oxygen atoms in total. The molecule has 0 aromatic carbocycles. The van der Waals surface area contributed by atoms with Crippen LogP contribution in [0.5, 0.6) is 0 Å². The van der Waals surface area contributed by atoms with Crippen molar-refractivity contribution in [1.82, 2.24) is 9.88 Å². The zero-order valence-electron chi connectivity index (χ0n) is 11.1. The topological polar surface area (TPSA) is 71.3 Å². The van der Waals surface area contributed by atoms with Gasteiger partial charge in [-0.1, -0.05) is 20.3 Å². The molecule has 0 unspecified atom stereocenters. The van der Waals surface area contributed by atoms with Gasteiger partial charge in [0.2, 0.25) is 0 Å². The van der Waals surface area contributed by atoms with Crippen molar-refractivity contribution in [3.05, 3.63) is 22.4 Å². The van der Waals surface area contributed by atoms with Crippen LogP contribution in [0.3, 0.4) is 0 Å². The molecule has 0 aliphatic heterocycles. The number of aromatic nitrogens is 1.